The molecule has 3 aromatic heterocycles. The van der Waals surface area contributed by atoms with Crippen molar-refractivity contribution in [3.8, 4) is 10.7 Å². The number of hydrogen-bond acceptors (Lipinski definition) is 5. The maximum Gasteiger partial charge on any atom is 0.150 e. The minimum absolute atomic E-state index is 0.615. The van der Waals surface area contributed by atoms with E-state index < -0.39 is 0 Å². The molecule has 3 rings (SSSR count). The molecule has 0 bridgehead atoms. The second-order valence-corrected chi connectivity index (χ2v) is 5.36. The maximum absolute atomic E-state index is 4.48. The van der Waals surface area contributed by atoms with E-state index in [1.807, 2.05) is 38.5 Å². The van der Waals surface area contributed by atoms with Crippen LogP contribution in [0.2, 0.25) is 0 Å². The standard InChI is InChI=1S/C14H15N5S/c1-10-8-12(15-2)18-13(17-10)9-19-6-5-16-14(19)11-4-3-7-20-11/h3-8H,9H2,1-2H3,(H,15,17,18). The van der Waals surface area contributed by atoms with Crippen LogP contribution in [0.1, 0.15) is 11.5 Å². The second-order valence-electron chi connectivity index (χ2n) is 4.42. The third-order valence-corrected chi connectivity index (χ3v) is 3.79. The Kier molecular flexibility index (Phi) is 3.47. The zero-order chi connectivity index (χ0) is 13.9. The number of aromatic nitrogens is 4. The van der Waals surface area contributed by atoms with Gasteiger partial charge in [-0.05, 0) is 18.4 Å². The number of aryl methyl sites for hydroxylation is 1. The Hall–Kier alpha value is -2.21. The molecule has 6 heteroatoms. The van der Waals surface area contributed by atoms with E-state index in [1.165, 1.54) is 0 Å². The maximum atomic E-state index is 4.48. The Labute approximate surface area is 121 Å². The Morgan fingerprint density at radius 3 is 3.00 bits per heavy atom. The molecule has 0 saturated heterocycles. The Bertz CT molecular complexity index is 702. The van der Waals surface area contributed by atoms with Crippen molar-refractivity contribution in [2.24, 2.45) is 0 Å². The van der Waals surface area contributed by atoms with Gasteiger partial charge in [0.2, 0.25) is 0 Å². The van der Waals surface area contributed by atoms with Crippen molar-refractivity contribution < 1.29 is 0 Å². The molecule has 0 aliphatic carbocycles. The van der Waals surface area contributed by atoms with Crippen molar-refractivity contribution in [1.82, 2.24) is 19.5 Å². The first-order valence-corrected chi connectivity index (χ1v) is 7.21. The minimum atomic E-state index is 0.615. The molecular weight excluding hydrogens is 270 g/mol. The highest BCUT2D eigenvalue weighted by atomic mass is 32.1. The molecule has 20 heavy (non-hydrogen) atoms. The molecule has 3 aromatic rings. The number of nitrogens with zero attached hydrogens (tertiary/aromatic N) is 4. The molecular formula is C14H15N5S. The molecule has 102 valence electrons. The number of nitrogens with one attached hydrogen (secondary N) is 1. The average Bonchev–Trinajstić information content (AvgIpc) is 3.08. The molecule has 0 atom stereocenters. The van der Waals surface area contributed by atoms with Crippen molar-refractivity contribution in [2.45, 2.75) is 13.5 Å². The van der Waals surface area contributed by atoms with Crippen molar-refractivity contribution in [3.63, 3.8) is 0 Å². The van der Waals surface area contributed by atoms with Crippen LogP contribution in [0.25, 0.3) is 10.7 Å². The lowest BCUT2D eigenvalue weighted by Gasteiger charge is -2.08. The topological polar surface area (TPSA) is 55.6 Å². The van der Waals surface area contributed by atoms with Crippen LogP contribution in [0.5, 0.6) is 0 Å². The lowest BCUT2D eigenvalue weighted by Crippen LogP contribution is -2.07. The largest absolute Gasteiger partial charge is 0.373 e. The van der Waals surface area contributed by atoms with Crippen molar-refractivity contribution in [1.29, 1.82) is 0 Å². The normalized spacial score (nSPS) is 10.7. The zero-order valence-corrected chi connectivity index (χ0v) is 12.2. The minimum Gasteiger partial charge on any atom is -0.373 e. The van der Waals surface area contributed by atoms with Crippen LogP contribution < -0.4 is 5.32 Å². The van der Waals surface area contributed by atoms with Crippen molar-refractivity contribution in [2.75, 3.05) is 12.4 Å². The average molecular weight is 285 g/mol. The summed E-state index contributed by atoms with van der Waals surface area (Å²) in [7, 11) is 1.86. The summed E-state index contributed by atoms with van der Waals surface area (Å²) in [5.74, 6) is 2.58. The first-order valence-electron chi connectivity index (χ1n) is 6.33. The highest BCUT2D eigenvalue weighted by Gasteiger charge is 2.09. The number of anilines is 1. The van der Waals surface area contributed by atoms with E-state index in [2.05, 4.69) is 36.3 Å². The summed E-state index contributed by atoms with van der Waals surface area (Å²) in [6, 6.07) is 6.03. The van der Waals surface area contributed by atoms with Crippen LogP contribution in [0.4, 0.5) is 5.82 Å². The van der Waals surface area contributed by atoms with Gasteiger partial charge in [-0.1, -0.05) is 6.07 Å². The molecule has 0 aromatic carbocycles. The van der Waals surface area contributed by atoms with Crippen molar-refractivity contribution in [3.05, 3.63) is 47.5 Å². The summed E-state index contributed by atoms with van der Waals surface area (Å²) in [6.07, 6.45) is 3.77. The zero-order valence-electron chi connectivity index (χ0n) is 11.4. The molecule has 0 amide bonds. The van der Waals surface area contributed by atoms with Gasteiger partial charge in [-0.15, -0.1) is 11.3 Å². The fourth-order valence-corrected chi connectivity index (χ4v) is 2.79. The molecule has 0 saturated carbocycles. The summed E-state index contributed by atoms with van der Waals surface area (Å²) < 4.78 is 2.07. The first-order chi connectivity index (χ1) is 9.76. The van der Waals surface area contributed by atoms with E-state index >= 15 is 0 Å². The molecule has 0 spiro atoms. The van der Waals surface area contributed by atoms with Crippen LogP contribution in [0.3, 0.4) is 0 Å². The summed E-state index contributed by atoms with van der Waals surface area (Å²) in [5, 5.41) is 5.11. The summed E-state index contributed by atoms with van der Waals surface area (Å²) >= 11 is 1.68. The number of imidazole rings is 1. The van der Waals surface area contributed by atoms with E-state index in [4.69, 9.17) is 0 Å². The van der Waals surface area contributed by atoms with E-state index in [0.717, 1.165) is 28.0 Å². The Balaban J connectivity index is 1.92. The molecule has 0 radical (unpaired) electrons. The highest BCUT2D eigenvalue weighted by Crippen LogP contribution is 2.23. The van der Waals surface area contributed by atoms with Crippen LogP contribution >= 0.6 is 11.3 Å². The van der Waals surface area contributed by atoms with E-state index in [1.54, 1.807) is 11.3 Å². The third kappa shape index (κ3) is 2.55. The highest BCUT2D eigenvalue weighted by molar-refractivity contribution is 7.13. The van der Waals surface area contributed by atoms with E-state index in [0.29, 0.717) is 6.54 Å². The van der Waals surface area contributed by atoms with Crippen LogP contribution in [-0.4, -0.2) is 26.6 Å². The molecule has 0 aliphatic heterocycles. The summed E-state index contributed by atoms with van der Waals surface area (Å²) in [6.45, 7) is 2.59. The van der Waals surface area contributed by atoms with Gasteiger partial charge in [0.1, 0.15) is 11.6 Å². The van der Waals surface area contributed by atoms with Crippen LogP contribution in [0.15, 0.2) is 36.0 Å². The molecule has 5 nitrogen and oxygen atoms in total. The lowest BCUT2D eigenvalue weighted by molar-refractivity contribution is 0.748. The van der Waals surface area contributed by atoms with E-state index in [-0.39, 0.29) is 0 Å². The fraction of sp³-hybridized carbons (Fsp3) is 0.214. The van der Waals surface area contributed by atoms with Crippen LogP contribution in [0, 0.1) is 6.92 Å². The van der Waals surface area contributed by atoms with Gasteiger partial charge >= 0.3 is 0 Å². The third-order valence-electron chi connectivity index (χ3n) is 2.93. The first kappa shape index (κ1) is 12.8. The smallest absolute Gasteiger partial charge is 0.150 e. The van der Waals surface area contributed by atoms with Crippen LogP contribution in [-0.2, 0) is 6.54 Å². The van der Waals surface area contributed by atoms with Gasteiger partial charge in [-0.3, -0.25) is 0 Å². The van der Waals surface area contributed by atoms with Gasteiger partial charge in [0, 0.05) is 31.2 Å². The quantitative estimate of drug-likeness (QED) is 0.801. The van der Waals surface area contributed by atoms with Gasteiger partial charge in [0.15, 0.2) is 5.82 Å². The summed E-state index contributed by atoms with van der Waals surface area (Å²) in [4.78, 5) is 14.5. The number of thiophene rings is 1. The Morgan fingerprint density at radius 1 is 1.35 bits per heavy atom. The van der Waals surface area contributed by atoms with Gasteiger partial charge in [-0.2, -0.15) is 0 Å². The molecule has 0 fully saturated rings. The monoisotopic (exact) mass is 285 g/mol. The lowest BCUT2D eigenvalue weighted by atomic mass is 10.4. The van der Waals surface area contributed by atoms with Gasteiger partial charge in [-0.25, -0.2) is 15.0 Å². The SMILES string of the molecule is CNc1cc(C)nc(Cn2ccnc2-c2cccs2)n1. The molecule has 3 heterocycles. The number of rotatable bonds is 4. The van der Waals surface area contributed by atoms with Crippen molar-refractivity contribution >= 4 is 17.2 Å². The molecule has 0 aliphatic rings. The second kappa shape index (κ2) is 5.42. The number of hydrogen-bond donors (Lipinski definition) is 1. The Morgan fingerprint density at radius 2 is 2.25 bits per heavy atom. The predicted octanol–water partition coefficient (Wildman–Crippen LogP) is 2.80. The molecule has 1 N–H and O–H groups in total. The molecule has 0 unspecified atom stereocenters. The fourth-order valence-electron chi connectivity index (χ4n) is 2.05. The van der Waals surface area contributed by atoms with Gasteiger partial charge in [0.25, 0.3) is 0 Å². The van der Waals surface area contributed by atoms with Gasteiger partial charge in [0.05, 0.1) is 11.4 Å². The summed E-state index contributed by atoms with van der Waals surface area (Å²) in [5.41, 5.74) is 0.956. The van der Waals surface area contributed by atoms with E-state index in [9.17, 15) is 0 Å². The predicted molar refractivity (Wildman–Crippen MR) is 81.0 cm³/mol. The van der Waals surface area contributed by atoms with Gasteiger partial charge < -0.3 is 9.88 Å².